The van der Waals surface area contributed by atoms with E-state index in [-0.39, 0.29) is 0 Å². The molecule has 2 atom stereocenters. The van der Waals surface area contributed by atoms with Crippen molar-refractivity contribution in [3.8, 4) is 0 Å². The molecule has 1 fully saturated rings. The highest BCUT2D eigenvalue weighted by molar-refractivity contribution is 5.76. The van der Waals surface area contributed by atoms with E-state index in [9.17, 15) is 4.79 Å². The molecule has 0 bridgehead atoms. The third kappa shape index (κ3) is 5.94. The van der Waals surface area contributed by atoms with Crippen LogP contribution in [-0.2, 0) is 4.79 Å². The Morgan fingerprint density at radius 1 is 1.26 bits per heavy atom. The van der Waals surface area contributed by atoms with E-state index in [1.54, 1.807) is 0 Å². The summed E-state index contributed by atoms with van der Waals surface area (Å²) in [6, 6.07) is 0.675. The number of amides is 1. The van der Waals surface area contributed by atoms with Crippen LogP contribution in [0.3, 0.4) is 0 Å². The molecule has 1 rings (SSSR count). The van der Waals surface area contributed by atoms with Gasteiger partial charge in [-0.25, -0.2) is 0 Å². The smallest absolute Gasteiger partial charge is 0.222 e. The quantitative estimate of drug-likeness (QED) is 0.804. The molecule has 3 heteroatoms. The van der Waals surface area contributed by atoms with Crippen molar-refractivity contribution in [1.82, 2.24) is 4.90 Å². The van der Waals surface area contributed by atoms with Gasteiger partial charge in [0.1, 0.15) is 0 Å². The van der Waals surface area contributed by atoms with Crippen LogP contribution >= 0.6 is 0 Å². The fourth-order valence-electron chi connectivity index (χ4n) is 3.06. The Labute approximate surface area is 118 Å². The highest BCUT2D eigenvalue weighted by Gasteiger charge is 2.22. The summed E-state index contributed by atoms with van der Waals surface area (Å²) in [6.07, 6.45) is 6.48. The predicted molar refractivity (Wildman–Crippen MR) is 80.9 cm³/mol. The number of nitrogens with two attached hydrogens (primary N) is 1. The Hall–Kier alpha value is -0.570. The van der Waals surface area contributed by atoms with Crippen LogP contribution in [0, 0.1) is 11.8 Å². The van der Waals surface area contributed by atoms with Crippen molar-refractivity contribution in [1.29, 1.82) is 0 Å². The molecule has 0 radical (unpaired) electrons. The third-order valence-electron chi connectivity index (χ3n) is 4.10. The average molecular weight is 268 g/mol. The summed E-state index contributed by atoms with van der Waals surface area (Å²) in [5.41, 5.74) is 6.01. The largest absolute Gasteiger partial charge is 0.340 e. The van der Waals surface area contributed by atoms with Crippen LogP contribution in [0.4, 0.5) is 0 Å². The summed E-state index contributed by atoms with van der Waals surface area (Å²) in [4.78, 5) is 14.4. The molecule has 0 spiro atoms. The molecule has 19 heavy (non-hydrogen) atoms. The second kappa shape index (κ2) is 7.88. The van der Waals surface area contributed by atoms with Gasteiger partial charge < -0.3 is 10.6 Å². The Kier molecular flexibility index (Phi) is 6.84. The first kappa shape index (κ1) is 16.5. The van der Waals surface area contributed by atoms with Crippen LogP contribution in [0.25, 0.3) is 0 Å². The van der Waals surface area contributed by atoms with Crippen LogP contribution in [0.15, 0.2) is 0 Å². The van der Waals surface area contributed by atoms with Crippen LogP contribution in [0.2, 0.25) is 0 Å². The highest BCUT2D eigenvalue weighted by Crippen LogP contribution is 2.27. The van der Waals surface area contributed by atoms with Crippen molar-refractivity contribution in [2.24, 2.45) is 17.6 Å². The summed E-state index contributed by atoms with van der Waals surface area (Å²) in [6.45, 7) is 9.43. The molecule has 1 amide bonds. The first-order valence-electron chi connectivity index (χ1n) is 7.95. The van der Waals surface area contributed by atoms with Crippen molar-refractivity contribution >= 4 is 5.91 Å². The molecule has 0 aromatic rings. The number of rotatable bonds is 6. The fourth-order valence-corrected chi connectivity index (χ4v) is 3.06. The van der Waals surface area contributed by atoms with Gasteiger partial charge in [0.2, 0.25) is 5.91 Å². The number of carbonyl (C=O) groups excluding carboxylic acids is 1. The third-order valence-corrected chi connectivity index (χ3v) is 4.10. The van der Waals surface area contributed by atoms with Crippen molar-refractivity contribution in [3.05, 3.63) is 0 Å². The van der Waals surface area contributed by atoms with E-state index in [1.165, 1.54) is 12.8 Å². The van der Waals surface area contributed by atoms with E-state index in [0.29, 0.717) is 36.2 Å². The van der Waals surface area contributed by atoms with Gasteiger partial charge in [-0.3, -0.25) is 4.79 Å². The maximum absolute atomic E-state index is 12.3. The number of nitrogens with zero attached hydrogens (tertiary/aromatic N) is 1. The van der Waals surface area contributed by atoms with E-state index < -0.39 is 0 Å². The minimum atomic E-state index is 0.309. The Bertz CT molecular complexity index is 276. The maximum atomic E-state index is 12.3. The summed E-state index contributed by atoms with van der Waals surface area (Å²) < 4.78 is 0. The predicted octanol–water partition coefficient (Wildman–Crippen LogP) is 3.18. The lowest BCUT2D eigenvalue weighted by atomic mass is 9.83. The van der Waals surface area contributed by atoms with E-state index in [0.717, 1.165) is 25.8 Å². The lowest BCUT2D eigenvalue weighted by molar-refractivity contribution is -0.133. The van der Waals surface area contributed by atoms with E-state index in [1.807, 2.05) is 4.90 Å². The Morgan fingerprint density at radius 2 is 1.95 bits per heavy atom. The van der Waals surface area contributed by atoms with E-state index in [2.05, 4.69) is 27.7 Å². The second-order valence-corrected chi connectivity index (χ2v) is 6.87. The van der Waals surface area contributed by atoms with Crippen LogP contribution in [0.1, 0.15) is 66.2 Å². The van der Waals surface area contributed by atoms with Gasteiger partial charge in [-0.2, -0.15) is 0 Å². The molecule has 0 saturated heterocycles. The SMILES string of the molecule is CC(C)CN(C(=O)CCC1CCCC(N)C1)C(C)C. The maximum Gasteiger partial charge on any atom is 0.222 e. The second-order valence-electron chi connectivity index (χ2n) is 6.87. The molecule has 1 aliphatic rings. The molecule has 1 aliphatic carbocycles. The van der Waals surface area contributed by atoms with Gasteiger partial charge in [-0.05, 0) is 44.9 Å². The Morgan fingerprint density at radius 3 is 2.47 bits per heavy atom. The summed E-state index contributed by atoms with van der Waals surface area (Å²) in [5.74, 6) is 1.53. The highest BCUT2D eigenvalue weighted by atomic mass is 16.2. The van der Waals surface area contributed by atoms with Gasteiger partial charge in [0.05, 0.1) is 0 Å². The Balaban J connectivity index is 2.39. The standard InChI is InChI=1S/C16H32N2O/c1-12(2)11-18(13(3)4)16(19)9-8-14-6-5-7-15(17)10-14/h12-15H,5-11,17H2,1-4H3. The number of hydrogen-bond donors (Lipinski definition) is 1. The van der Waals surface area contributed by atoms with Gasteiger partial charge in [-0.15, -0.1) is 0 Å². The first-order valence-corrected chi connectivity index (χ1v) is 7.95. The van der Waals surface area contributed by atoms with Gasteiger partial charge in [0.25, 0.3) is 0 Å². The normalized spacial score (nSPS) is 23.9. The molecular formula is C16H32N2O. The molecule has 0 aliphatic heterocycles. The molecule has 112 valence electrons. The van der Waals surface area contributed by atoms with Gasteiger partial charge in [0.15, 0.2) is 0 Å². The minimum Gasteiger partial charge on any atom is -0.340 e. The van der Waals surface area contributed by atoms with E-state index >= 15 is 0 Å². The molecule has 0 heterocycles. The first-order chi connectivity index (χ1) is 8.90. The van der Waals surface area contributed by atoms with Crippen LogP contribution in [0.5, 0.6) is 0 Å². The van der Waals surface area contributed by atoms with Gasteiger partial charge in [-0.1, -0.05) is 26.7 Å². The molecule has 2 N–H and O–H groups in total. The lowest BCUT2D eigenvalue weighted by Crippen LogP contribution is -2.39. The van der Waals surface area contributed by atoms with Crippen molar-refractivity contribution in [2.75, 3.05) is 6.54 Å². The molecular weight excluding hydrogens is 236 g/mol. The summed E-state index contributed by atoms with van der Waals surface area (Å²) in [7, 11) is 0. The van der Waals surface area contributed by atoms with Crippen LogP contribution < -0.4 is 5.73 Å². The number of carbonyl (C=O) groups is 1. The number of hydrogen-bond acceptors (Lipinski definition) is 2. The molecule has 3 nitrogen and oxygen atoms in total. The summed E-state index contributed by atoms with van der Waals surface area (Å²) >= 11 is 0. The topological polar surface area (TPSA) is 46.3 Å². The average Bonchev–Trinajstić information content (AvgIpc) is 2.32. The zero-order valence-corrected chi connectivity index (χ0v) is 13.2. The van der Waals surface area contributed by atoms with Crippen molar-refractivity contribution in [2.45, 2.75) is 78.3 Å². The monoisotopic (exact) mass is 268 g/mol. The lowest BCUT2D eigenvalue weighted by Gasteiger charge is -2.30. The molecule has 0 aromatic carbocycles. The zero-order chi connectivity index (χ0) is 14.4. The molecule has 0 aromatic heterocycles. The van der Waals surface area contributed by atoms with Gasteiger partial charge in [0, 0.05) is 25.0 Å². The van der Waals surface area contributed by atoms with Crippen LogP contribution in [-0.4, -0.2) is 29.4 Å². The van der Waals surface area contributed by atoms with Crippen molar-refractivity contribution < 1.29 is 4.79 Å². The van der Waals surface area contributed by atoms with Crippen molar-refractivity contribution in [3.63, 3.8) is 0 Å². The van der Waals surface area contributed by atoms with Gasteiger partial charge >= 0.3 is 0 Å². The molecule has 1 saturated carbocycles. The summed E-state index contributed by atoms with van der Waals surface area (Å²) in [5, 5.41) is 0. The molecule has 2 unspecified atom stereocenters. The minimum absolute atomic E-state index is 0.309. The fraction of sp³-hybridized carbons (Fsp3) is 0.938. The van der Waals surface area contributed by atoms with E-state index in [4.69, 9.17) is 5.73 Å². The zero-order valence-electron chi connectivity index (χ0n) is 13.2.